The maximum atomic E-state index is 11.9. The Bertz CT molecular complexity index is 1260. The van der Waals surface area contributed by atoms with Gasteiger partial charge in [0.1, 0.15) is 0 Å². The number of hydrogen-bond donors (Lipinski definition) is 3. The van der Waals surface area contributed by atoms with Crippen LogP contribution in [0.3, 0.4) is 0 Å². The Morgan fingerprint density at radius 3 is 2.53 bits per heavy atom. The molecular weight excluding hydrogens is 426 g/mol. The van der Waals surface area contributed by atoms with Crippen LogP contribution in [0.4, 0.5) is 0 Å². The van der Waals surface area contributed by atoms with Gasteiger partial charge in [0.25, 0.3) is 0 Å². The Morgan fingerprint density at radius 1 is 0.941 bits per heavy atom. The third-order valence-electron chi connectivity index (χ3n) is 5.79. The van der Waals surface area contributed by atoms with Crippen LogP contribution in [0.25, 0.3) is 28.2 Å². The van der Waals surface area contributed by atoms with Crippen LogP contribution in [0.1, 0.15) is 31.2 Å². The molecule has 0 fully saturated rings. The van der Waals surface area contributed by atoms with E-state index in [9.17, 15) is 15.0 Å². The summed E-state index contributed by atoms with van der Waals surface area (Å²) in [4.78, 5) is 16.0. The molecule has 2 aromatic carbocycles. The van der Waals surface area contributed by atoms with Crippen LogP contribution in [0.2, 0.25) is 0 Å². The fraction of sp³-hybridized carbons (Fsp3) is 0.214. The van der Waals surface area contributed by atoms with Crippen molar-refractivity contribution in [1.82, 2.24) is 14.9 Å². The number of pyridine rings is 1. The lowest BCUT2D eigenvalue weighted by molar-refractivity contribution is -0.116. The van der Waals surface area contributed by atoms with Crippen LogP contribution in [0, 0.1) is 0 Å². The molecule has 0 radical (unpaired) electrons. The standard InChI is InChI=1S/C28H29N3O3/c32-26-18-23-17-24(22-10-4-3-5-11-22)31(25(23)19-27(26)33)16-7-2-1-6-15-30-28(34)13-12-21-9-8-14-29-20-21/h3-5,8-14,17-20,32-33H,1-2,6-7,15-16H2,(H,30,34)/b13-12+. The average Bonchev–Trinajstić information content (AvgIpc) is 3.20. The van der Waals surface area contributed by atoms with E-state index in [0.717, 1.165) is 60.0 Å². The molecule has 2 aromatic heterocycles. The highest BCUT2D eigenvalue weighted by Crippen LogP contribution is 2.35. The van der Waals surface area contributed by atoms with Gasteiger partial charge >= 0.3 is 0 Å². The summed E-state index contributed by atoms with van der Waals surface area (Å²) >= 11 is 0. The lowest BCUT2D eigenvalue weighted by atomic mass is 10.1. The smallest absolute Gasteiger partial charge is 0.243 e. The number of phenols is 2. The van der Waals surface area contributed by atoms with Gasteiger partial charge in [-0.3, -0.25) is 9.78 Å². The Balaban J connectivity index is 1.29. The van der Waals surface area contributed by atoms with Gasteiger partial charge < -0.3 is 20.1 Å². The van der Waals surface area contributed by atoms with Crippen LogP contribution < -0.4 is 5.32 Å². The van der Waals surface area contributed by atoms with E-state index in [4.69, 9.17) is 0 Å². The van der Waals surface area contributed by atoms with Crippen LogP contribution in [0.5, 0.6) is 11.5 Å². The molecule has 0 atom stereocenters. The number of carbonyl (C=O) groups excluding carboxylic acids is 1. The maximum absolute atomic E-state index is 11.9. The fourth-order valence-corrected chi connectivity index (χ4v) is 4.04. The van der Waals surface area contributed by atoms with Crippen LogP contribution >= 0.6 is 0 Å². The van der Waals surface area contributed by atoms with Gasteiger partial charge in [0.05, 0.1) is 5.52 Å². The van der Waals surface area contributed by atoms with Crippen molar-refractivity contribution in [2.75, 3.05) is 6.54 Å². The van der Waals surface area contributed by atoms with Gasteiger partial charge in [-0.25, -0.2) is 0 Å². The molecule has 3 N–H and O–H groups in total. The molecule has 6 heteroatoms. The number of aryl methyl sites for hydroxylation is 1. The van der Waals surface area contributed by atoms with Gasteiger partial charge in [0.15, 0.2) is 11.5 Å². The molecule has 0 unspecified atom stereocenters. The highest BCUT2D eigenvalue weighted by molar-refractivity contribution is 5.91. The van der Waals surface area contributed by atoms with Crippen molar-refractivity contribution in [1.29, 1.82) is 0 Å². The average molecular weight is 456 g/mol. The number of unbranched alkanes of at least 4 members (excludes halogenated alkanes) is 3. The van der Waals surface area contributed by atoms with Crippen molar-refractivity contribution in [2.45, 2.75) is 32.2 Å². The zero-order valence-electron chi connectivity index (χ0n) is 19.0. The minimum Gasteiger partial charge on any atom is -0.504 e. The third-order valence-corrected chi connectivity index (χ3v) is 5.79. The highest BCUT2D eigenvalue weighted by atomic mass is 16.3. The summed E-state index contributed by atoms with van der Waals surface area (Å²) in [7, 11) is 0. The summed E-state index contributed by atoms with van der Waals surface area (Å²) in [5.74, 6) is -0.320. The summed E-state index contributed by atoms with van der Waals surface area (Å²) in [5.41, 5.74) is 3.96. The SMILES string of the molecule is O=C(/C=C/c1cccnc1)NCCCCCCn1c(-c2ccccc2)cc2cc(O)c(O)cc21. The molecule has 4 aromatic rings. The normalized spacial score (nSPS) is 11.3. The van der Waals surface area contributed by atoms with E-state index in [2.05, 4.69) is 33.1 Å². The Kier molecular flexibility index (Phi) is 7.60. The quantitative estimate of drug-likeness (QED) is 0.167. The molecule has 1 amide bonds. The Labute approximate surface area is 199 Å². The molecule has 0 aliphatic carbocycles. The minimum atomic E-state index is -0.111. The van der Waals surface area contributed by atoms with Crippen molar-refractivity contribution < 1.29 is 15.0 Å². The minimum absolute atomic E-state index is 0.0989. The van der Waals surface area contributed by atoms with E-state index in [1.54, 1.807) is 30.6 Å². The molecule has 34 heavy (non-hydrogen) atoms. The fourth-order valence-electron chi connectivity index (χ4n) is 4.04. The van der Waals surface area contributed by atoms with Crippen LogP contribution in [-0.2, 0) is 11.3 Å². The molecule has 0 aliphatic heterocycles. The molecule has 0 saturated carbocycles. The van der Waals surface area contributed by atoms with Crippen molar-refractivity contribution in [3.63, 3.8) is 0 Å². The van der Waals surface area contributed by atoms with E-state index >= 15 is 0 Å². The van der Waals surface area contributed by atoms with E-state index < -0.39 is 0 Å². The predicted octanol–water partition coefficient (Wildman–Crippen LogP) is 5.50. The van der Waals surface area contributed by atoms with Gasteiger partial charge in [-0.15, -0.1) is 0 Å². The number of nitrogens with one attached hydrogen (secondary N) is 1. The summed E-state index contributed by atoms with van der Waals surface area (Å²) < 4.78 is 2.20. The summed E-state index contributed by atoms with van der Waals surface area (Å²) in [5, 5.41) is 23.8. The maximum Gasteiger partial charge on any atom is 0.243 e. The topological polar surface area (TPSA) is 87.4 Å². The number of benzene rings is 2. The van der Waals surface area contributed by atoms with Gasteiger partial charge in [-0.05, 0) is 48.2 Å². The second-order valence-corrected chi connectivity index (χ2v) is 8.27. The van der Waals surface area contributed by atoms with Crippen molar-refractivity contribution >= 4 is 22.9 Å². The largest absolute Gasteiger partial charge is 0.504 e. The van der Waals surface area contributed by atoms with Gasteiger partial charge in [-0.1, -0.05) is 49.2 Å². The number of phenolic OH excluding ortho intramolecular Hbond substituents is 2. The van der Waals surface area contributed by atoms with E-state index in [1.165, 1.54) is 6.08 Å². The number of nitrogens with zero attached hydrogens (tertiary/aromatic N) is 2. The number of rotatable bonds is 10. The van der Waals surface area contributed by atoms with Crippen LogP contribution in [-0.4, -0.2) is 32.2 Å². The van der Waals surface area contributed by atoms with E-state index in [1.807, 2.05) is 30.3 Å². The first-order valence-electron chi connectivity index (χ1n) is 11.6. The van der Waals surface area contributed by atoms with Crippen LogP contribution in [0.15, 0.2) is 79.1 Å². The van der Waals surface area contributed by atoms with E-state index in [0.29, 0.717) is 6.54 Å². The summed E-state index contributed by atoms with van der Waals surface area (Å²) in [6.07, 6.45) is 10.6. The predicted molar refractivity (Wildman–Crippen MR) is 135 cm³/mol. The van der Waals surface area contributed by atoms with Crippen molar-refractivity contribution in [3.05, 3.63) is 84.7 Å². The van der Waals surface area contributed by atoms with Gasteiger partial charge in [0.2, 0.25) is 5.91 Å². The number of amides is 1. The summed E-state index contributed by atoms with van der Waals surface area (Å²) in [6, 6.07) is 19.2. The molecule has 0 aliphatic rings. The highest BCUT2D eigenvalue weighted by Gasteiger charge is 2.13. The molecule has 0 saturated heterocycles. The molecule has 4 rings (SSSR count). The first-order valence-corrected chi connectivity index (χ1v) is 11.6. The monoisotopic (exact) mass is 455 g/mol. The first-order chi connectivity index (χ1) is 16.6. The third kappa shape index (κ3) is 5.84. The van der Waals surface area contributed by atoms with Crippen molar-refractivity contribution in [2.24, 2.45) is 0 Å². The van der Waals surface area contributed by atoms with Gasteiger partial charge in [-0.2, -0.15) is 0 Å². The molecular formula is C28H29N3O3. The molecule has 2 heterocycles. The molecule has 6 nitrogen and oxygen atoms in total. The lowest BCUT2D eigenvalue weighted by Crippen LogP contribution is -2.21. The van der Waals surface area contributed by atoms with Crippen molar-refractivity contribution in [3.8, 4) is 22.8 Å². The Hall–Kier alpha value is -4.06. The Morgan fingerprint density at radius 2 is 1.74 bits per heavy atom. The zero-order valence-corrected chi connectivity index (χ0v) is 19.0. The van der Waals surface area contributed by atoms with E-state index in [-0.39, 0.29) is 17.4 Å². The second kappa shape index (κ2) is 11.2. The number of hydrogen-bond acceptors (Lipinski definition) is 4. The summed E-state index contributed by atoms with van der Waals surface area (Å²) in [6.45, 7) is 1.45. The molecule has 0 spiro atoms. The number of carbonyl (C=O) groups is 1. The lowest BCUT2D eigenvalue weighted by Gasteiger charge is -2.12. The first kappa shape index (κ1) is 23.1. The number of aromatic hydroxyl groups is 2. The molecule has 0 bridgehead atoms. The zero-order chi connectivity index (χ0) is 23.8. The molecule has 174 valence electrons. The second-order valence-electron chi connectivity index (χ2n) is 8.27. The van der Waals surface area contributed by atoms with Gasteiger partial charge in [0, 0.05) is 48.7 Å². The number of aromatic nitrogens is 2. The number of fused-ring (bicyclic) bond motifs is 1.